The van der Waals surface area contributed by atoms with Gasteiger partial charge in [0.2, 0.25) is 0 Å². The summed E-state index contributed by atoms with van der Waals surface area (Å²) in [5.74, 6) is 0.300. The zero-order chi connectivity index (χ0) is 13.9. The lowest BCUT2D eigenvalue weighted by Gasteiger charge is -2.41. The summed E-state index contributed by atoms with van der Waals surface area (Å²) in [5.41, 5.74) is 1.29. The van der Waals surface area contributed by atoms with Gasteiger partial charge in [0.05, 0.1) is 12.0 Å². The van der Waals surface area contributed by atoms with Crippen molar-refractivity contribution in [1.82, 2.24) is 0 Å². The molecular weight excluding hydrogens is 244 g/mol. The van der Waals surface area contributed by atoms with Crippen LogP contribution in [0, 0.1) is 15.5 Å². The van der Waals surface area contributed by atoms with Gasteiger partial charge in [-0.1, -0.05) is 13.3 Å². The van der Waals surface area contributed by atoms with E-state index >= 15 is 0 Å². The van der Waals surface area contributed by atoms with E-state index in [4.69, 9.17) is 4.74 Å². The lowest BCUT2D eigenvalue weighted by molar-refractivity contribution is -0.385. The average Bonchev–Trinajstić information content (AvgIpc) is 2.37. The Hall–Kier alpha value is -1.78. The zero-order valence-corrected chi connectivity index (χ0v) is 11.4. The molecule has 5 heteroatoms. The Morgan fingerprint density at radius 2 is 2.21 bits per heavy atom. The molecule has 0 spiro atoms. The molecule has 0 saturated heterocycles. The van der Waals surface area contributed by atoms with Crippen LogP contribution in [0.15, 0.2) is 18.2 Å². The fraction of sp³-hybridized carbons (Fsp3) is 0.571. The van der Waals surface area contributed by atoms with E-state index in [1.165, 1.54) is 38.9 Å². The molecule has 0 bridgehead atoms. The number of hydrogen-bond donors (Lipinski definition) is 1. The number of hydrogen-bond acceptors (Lipinski definition) is 4. The van der Waals surface area contributed by atoms with Crippen LogP contribution in [0.1, 0.15) is 32.6 Å². The van der Waals surface area contributed by atoms with Crippen LogP contribution in [0.3, 0.4) is 0 Å². The van der Waals surface area contributed by atoms with Gasteiger partial charge in [0, 0.05) is 24.4 Å². The van der Waals surface area contributed by atoms with Gasteiger partial charge in [-0.15, -0.1) is 0 Å². The minimum Gasteiger partial charge on any atom is -0.490 e. The molecule has 0 unspecified atom stereocenters. The van der Waals surface area contributed by atoms with Crippen molar-refractivity contribution in [2.75, 3.05) is 19.0 Å². The zero-order valence-electron chi connectivity index (χ0n) is 11.4. The van der Waals surface area contributed by atoms with Gasteiger partial charge in [0.1, 0.15) is 0 Å². The van der Waals surface area contributed by atoms with E-state index in [1.807, 2.05) is 0 Å². The number of nitro benzene ring substituents is 1. The molecule has 0 radical (unpaired) electrons. The molecule has 2 rings (SSSR count). The quantitative estimate of drug-likeness (QED) is 0.630. The van der Waals surface area contributed by atoms with Gasteiger partial charge < -0.3 is 10.1 Å². The Labute approximate surface area is 113 Å². The van der Waals surface area contributed by atoms with E-state index < -0.39 is 4.92 Å². The fourth-order valence-electron chi connectivity index (χ4n) is 2.56. The Bertz CT molecular complexity index is 464. The first-order valence-electron chi connectivity index (χ1n) is 6.66. The van der Waals surface area contributed by atoms with Crippen LogP contribution >= 0.6 is 0 Å². The molecule has 0 heterocycles. The summed E-state index contributed by atoms with van der Waals surface area (Å²) >= 11 is 0. The van der Waals surface area contributed by atoms with Crippen molar-refractivity contribution < 1.29 is 9.66 Å². The van der Waals surface area contributed by atoms with Gasteiger partial charge >= 0.3 is 5.69 Å². The van der Waals surface area contributed by atoms with Crippen LogP contribution in [0.25, 0.3) is 0 Å². The average molecular weight is 264 g/mol. The van der Waals surface area contributed by atoms with Crippen LogP contribution in [0.2, 0.25) is 0 Å². The highest BCUT2D eigenvalue weighted by Gasteiger charge is 2.34. The molecular formula is C14H20N2O3. The van der Waals surface area contributed by atoms with Crippen LogP contribution in [0.5, 0.6) is 5.75 Å². The van der Waals surface area contributed by atoms with E-state index in [9.17, 15) is 10.1 Å². The van der Waals surface area contributed by atoms with E-state index in [0.29, 0.717) is 11.2 Å². The summed E-state index contributed by atoms with van der Waals surface area (Å²) in [5, 5.41) is 14.2. The summed E-state index contributed by atoms with van der Waals surface area (Å²) in [4.78, 5) is 10.4. The lowest BCUT2D eigenvalue weighted by Crippen LogP contribution is -2.35. The third kappa shape index (κ3) is 2.80. The highest BCUT2D eigenvalue weighted by Crippen LogP contribution is 2.44. The first kappa shape index (κ1) is 13.6. The second-order valence-electron chi connectivity index (χ2n) is 5.20. The lowest BCUT2D eigenvalue weighted by atomic mass is 9.67. The van der Waals surface area contributed by atoms with Gasteiger partial charge in [-0.3, -0.25) is 10.1 Å². The molecule has 1 saturated carbocycles. The Kier molecular flexibility index (Phi) is 3.93. The van der Waals surface area contributed by atoms with Crippen molar-refractivity contribution in [3.05, 3.63) is 28.3 Å². The van der Waals surface area contributed by atoms with Gasteiger partial charge in [0.15, 0.2) is 5.75 Å². The van der Waals surface area contributed by atoms with Crippen molar-refractivity contribution in [2.45, 2.75) is 32.6 Å². The van der Waals surface area contributed by atoms with Gasteiger partial charge in [0.25, 0.3) is 0 Å². The molecule has 1 aliphatic carbocycles. The van der Waals surface area contributed by atoms with Crippen LogP contribution in [-0.4, -0.2) is 18.6 Å². The van der Waals surface area contributed by atoms with Gasteiger partial charge in [-0.2, -0.15) is 0 Å². The Morgan fingerprint density at radius 3 is 2.68 bits per heavy atom. The molecule has 0 amide bonds. The Morgan fingerprint density at radius 1 is 1.47 bits per heavy atom. The molecule has 0 aromatic heterocycles. The maximum absolute atomic E-state index is 10.8. The number of methoxy groups -OCH3 is 1. The van der Waals surface area contributed by atoms with Crippen molar-refractivity contribution in [3.63, 3.8) is 0 Å². The second-order valence-corrected chi connectivity index (χ2v) is 5.20. The Balaban J connectivity index is 2.07. The van der Waals surface area contributed by atoms with Gasteiger partial charge in [-0.25, -0.2) is 0 Å². The summed E-state index contributed by atoms with van der Waals surface area (Å²) in [6.07, 6.45) is 5.00. The first-order chi connectivity index (χ1) is 9.10. The monoisotopic (exact) mass is 264 g/mol. The number of nitrogens with one attached hydrogen (secondary N) is 1. The first-order valence-corrected chi connectivity index (χ1v) is 6.66. The summed E-state index contributed by atoms with van der Waals surface area (Å²) in [6.45, 7) is 3.14. The molecule has 1 fully saturated rings. The second kappa shape index (κ2) is 5.47. The van der Waals surface area contributed by atoms with Crippen molar-refractivity contribution in [3.8, 4) is 5.75 Å². The minimum atomic E-state index is -0.428. The fourth-order valence-corrected chi connectivity index (χ4v) is 2.56. The highest BCUT2D eigenvalue weighted by atomic mass is 16.6. The molecule has 1 aliphatic rings. The van der Waals surface area contributed by atoms with E-state index in [-0.39, 0.29) is 5.69 Å². The van der Waals surface area contributed by atoms with Crippen molar-refractivity contribution in [1.29, 1.82) is 0 Å². The number of nitro groups is 1. The van der Waals surface area contributed by atoms with E-state index in [2.05, 4.69) is 12.2 Å². The maximum atomic E-state index is 10.8. The highest BCUT2D eigenvalue weighted by molar-refractivity contribution is 5.58. The van der Waals surface area contributed by atoms with Gasteiger partial charge in [-0.05, 0) is 30.7 Å². The number of rotatable bonds is 6. The van der Waals surface area contributed by atoms with Crippen LogP contribution in [-0.2, 0) is 0 Å². The van der Waals surface area contributed by atoms with Crippen molar-refractivity contribution in [2.24, 2.45) is 5.41 Å². The smallest absolute Gasteiger partial charge is 0.311 e. The minimum absolute atomic E-state index is 0.00176. The van der Waals surface area contributed by atoms with Crippen molar-refractivity contribution >= 4 is 11.4 Å². The van der Waals surface area contributed by atoms with Crippen LogP contribution < -0.4 is 10.1 Å². The molecule has 0 aliphatic heterocycles. The SMILES string of the molecule is CCC1(CNc2ccc([N+](=O)[O-])c(OC)c2)CCC1. The normalized spacial score (nSPS) is 16.5. The molecule has 0 atom stereocenters. The third-order valence-electron chi connectivity index (χ3n) is 4.21. The summed E-state index contributed by atoms with van der Waals surface area (Å²) in [7, 11) is 1.45. The largest absolute Gasteiger partial charge is 0.490 e. The molecule has 19 heavy (non-hydrogen) atoms. The molecule has 1 aromatic rings. The number of anilines is 1. The molecule has 104 valence electrons. The number of ether oxygens (including phenoxy) is 1. The van der Waals surface area contributed by atoms with Crippen LogP contribution in [0.4, 0.5) is 11.4 Å². The maximum Gasteiger partial charge on any atom is 0.311 e. The predicted octanol–water partition coefficient (Wildman–Crippen LogP) is 3.60. The molecule has 5 nitrogen and oxygen atoms in total. The number of nitrogens with zero attached hydrogens (tertiary/aromatic N) is 1. The number of benzene rings is 1. The molecule has 1 aromatic carbocycles. The molecule has 1 N–H and O–H groups in total. The standard InChI is InChI=1S/C14H20N2O3/c1-3-14(7-4-8-14)10-15-11-5-6-12(16(17)18)13(9-11)19-2/h5-6,9,15H,3-4,7-8,10H2,1-2H3. The third-order valence-corrected chi connectivity index (χ3v) is 4.21. The topological polar surface area (TPSA) is 64.4 Å². The predicted molar refractivity (Wildman–Crippen MR) is 74.7 cm³/mol. The summed E-state index contributed by atoms with van der Waals surface area (Å²) in [6, 6.07) is 4.92. The van der Waals surface area contributed by atoms with E-state index in [1.54, 1.807) is 12.1 Å². The van der Waals surface area contributed by atoms with E-state index in [0.717, 1.165) is 12.2 Å². The summed E-state index contributed by atoms with van der Waals surface area (Å²) < 4.78 is 5.06.